The van der Waals surface area contributed by atoms with Crippen LogP contribution in [0.5, 0.6) is 5.75 Å². The molecular weight excluding hydrogens is 179 g/mol. The molecule has 1 aromatic carbocycles. The van der Waals surface area contributed by atoms with E-state index < -0.39 is 7.12 Å². The third kappa shape index (κ3) is 1.63. The van der Waals surface area contributed by atoms with E-state index in [-0.39, 0.29) is 0 Å². The van der Waals surface area contributed by atoms with E-state index in [1.807, 2.05) is 12.1 Å². The number of ether oxygens (including phenoxy) is 1. The van der Waals surface area contributed by atoms with Gasteiger partial charge in [0.05, 0.1) is 7.11 Å². The van der Waals surface area contributed by atoms with Crippen LogP contribution in [-0.4, -0.2) is 24.3 Å². The van der Waals surface area contributed by atoms with Crippen molar-refractivity contribution in [3.8, 4) is 5.75 Å². The molecule has 0 saturated heterocycles. The fraction of sp³-hybridized carbons (Fsp3) is 0.400. The van der Waals surface area contributed by atoms with Crippen molar-refractivity contribution >= 4 is 12.6 Å². The van der Waals surface area contributed by atoms with Gasteiger partial charge < -0.3 is 14.8 Å². The van der Waals surface area contributed by atoms with E-state index in [1.165, 1.54) is 7.11 Å². The topological polar surface area (TPSA) is 49.7 Å². The summed E-state index contributed by atoms with van der Waals surface area (Å²) in [6.45, 7) is 0. The highest BCUT2D eigenvalue weighted by Gasteiger charge is 2.31. The summed E-state index contributed by atoms with van der Waals surface area (Å²) in [7, 11) is 0.0968. The zero-order valence-electron chi connectivity index (χ0n) is 8.10. The number of benzene rings is 1. The summed E-state index contributed by atoms with van der Waals surface area (Å²) in [5.41, 5.74) is 1.54. The van der Waals surface area contributed by atoms with E-state index >= 15 is 0 Å². The summed E-state index contributed by atoms with van der Waals surface area (Å²) in [5.74, 6) is 1.05. The van der Waals surface area contributed by atoms with Crippen LogP contribution in [0.15, 0.2) is 18.2 Å². The highest BCUT2D eigenvalue weighted by Crippen LogP contribution is 2.40. The van der Waals surface area contributed by atoms with Gasteiger partial charge in [-0.2, -0.15) is 0 Å². The van der Waals surface area contributed by atoms with Crippen LogP contribution in [-0.2, 0) is 0 Å². The van der Waals surface area contributed by atoms with Gasteiger partial charge in [0.2, 0.25) is 0 Å². The molecule has 0 aliphatic heterocycles. The van der Waals surface area contributed by atoms with Gasteiger partial charge in [0.25, 0.3) is 0 Å². The maximum atomic E-state index is 9.27. The molecule has 1 fully saturated rings. The number of rotatable bonds is 3. The van der Waals surface area contributed by atoms with Crippen LogP contribution >= 0.6 is 0 Å². The van der Waals surface area contributed by atoms with Crippen molar-refractivity contribution in [1.29, 1.82) is 0 Å². The second-order valence-corrected chi connectivity index (χ2v) is 3.61. The first kappa shape index (κ1) is 9.56. The van der Waals surface area contributed by atoms with E-state index in [1.54, 1.807) is 6.07 Å². The summed E-state index contributed by atoms with van der Waals surface area (Å²) < 4.78 is 5.11. The maximum absolute atomic E-state index is 9.27. The van der Waals surface area contributed by atoms with E-state index in [2.05, 4.69) is 0 Å². The largest absolute Gasteiger partial charge is 0.497 e. The van der Waals surface area contributed by atoms with Crippen LogP contribution < -0.4 is 10.2 Å². The molecule has 2 rings (SSSR count). The average molecular weight is 192 g/mol. The Kier molecular flexibility index (Phi) is 2.48. The van der Waals surface area contributed by atoms with Crippen molar-refractivity contribution < 1.29 is 14.8 Å². The lowest BCUT2D eigenvalue weighted by Gasteiger charge is -2.12. The number of hydrogen-bond acceptors (Lipinski definition) is 3. The summed E-state index contributed by atoms with van der Waals surface area (Å²) in [5, 5.41) is 18.5. The van der Waals surface area contributed by atoms with Crippen LogP contribution in [0.3, 0.4) is 0 Å². The molecule has 74 valence electrons. The lowest BCUT2D eigenvalue weighted by Crippen LogP contribution is -2.34. The Morgan fingerprint density at radius 3 is 2.57 bits per heavy atom. The first-order valence-corrected chi connectivity index (χ1v) is 4.77. The predicted molar refractivity (Wildman–Crippen MR) is 54.8 cm³/mol. The van der Waals surface area contributed by atoms with Gasteiger partial charge in [-0.05, 0) is 30.4 Å². The Balaban J connectivity index is 2.46. The van der Waals surface area contributed by atoms with Crippen molar-refractivity contribution in [3.05, 3.63) is 23.8 Å². The quantitative estimate of drug-likeness (QED) is 0.675. The Bertz CT molecular complexity index is 334. The van der Waals surface area contributed by atoms with Gasteiger partial charge in [0, 0.05) is 5.46 Å². The fourth-order valence-corrected chi connectivity index (χ4v) is 1.77. The molecule has 2 N–H and O–H groups in total. The Morgan fingerprint density at radius 2 is 2.07 bits per heavy atom. The highest BCUT2D eigenvalue weighted by molar-refractivity contribution is 6.60. The minimum atomic E-state index is -1.44. The van der Waals surface area contributed by atoms with Crippen LogP contribution in [0.1, 0.15) is 24.3 Å². The first-order chi connectivity index (χ1) is 6.74. The van der Waals surface area contributed by atoms with Gasteiger partial charge in [0.1, 0.15) is 5.75 Å². The van der Waals surface area contributed by atoms with Crippen molar-refractivity contribution in [3.63, 3.8) is 0 Å². The minimum Gasteiger partial charge on any atom is -0.497 e. The number of hydrogen-bond donors (Lipinski definition) is 2. The second kappa shape index (κ2) is 3.63. The molecule has 0 amide bonds. The zero-order chi connectivity index (χ0) is 10.1. The lowest BCUT2D eigenvalue weighted by molar-refractivity contribution is 0.402. The van der Waals surface area contributed by atoms with Gasteiger partial charge in [0.15, 0.2) is 0 Å². The third-order valence-corrected chi connectivity index (χ3v) is 2.60. The zero-order valence-corrected chi connectivity index (χ0v) is 8.10. The molecule has 1 aliphatic carbocycles. The molecule has 4 heteroatoms. The van der Waals surface area contributed by atoms with Gasteiger partial charge in [-0.3, -0.25) is 0 Å². The Labute approximate surface area is 83.5 Å². The van der Waals surface area contributed by atoms with Gasteiger partial charge in [-0.1, -0.05) is 12.1 Å². The molecule has 3 nitrogen and oxygen atoms in total. The smallest absolute Gasteiger partial charge is 0.492 e. The first-order valence-electron chi connectivity index (χ1n) is 4.77. The van der Waals surface area contributed by atoms with Gasteiger partial charge in [-0.15, -0.1) is 0 Å². The van der Waals surface area contributed by atoms with Crippen molar-refractivity contribution in [2.75, 3.05) is 7.11 Å². The molecule has 0 spiro atoms. The van der Waals surface area contributed by atoms with Crippen molar-refractivity contribution in [2.45, 2.75) is 18.8 Å². The van der Waals surface area contributed by atoms with E-state index in [4.69, 9.17) is 4.74 Å². The van der Waals surface area contributed by atoms with Crippen molar-refractivity contribution in [2.24, 2.45) is 0 Å². The van der Waals surface area contributed by atoms with Gasteiger partial charge >= 0.3 is 7.12 Å². The normalized spacial score (nSPS) is 15.4. The molecule has 14 heavy (non-hydrogen) atoms. The minimum absolute atomic E-state index is 0.488. The summed E-state index contributed by atoms with van der Waals surface area (Å²) in [6.07, 6.45) is 2.26. The molecule has 0 heterocycles. The Morgan fingerprint density at radius 1 is 1.36 bits per heavy atom. The fourth-order valence-electron chi connectivity index (χ4n) is 1.77. The van der Waals surface area contributed by atoms with Crippen LogP contribution in [0.25, 0.3) is 0 Å². The monoisotopic (exact) mass is 192 g/mol. The molecular formula is C10H13BO3. The molecule has 0 bridgehead atoms. The van der Waals surface area contributed by atoms with Gasteiger partial charge in [-0.25, -0.2) is 0 Å². The average Bonchev–Trinajstić information content (AvgIpc) is 2.99. The third-order valence-electron chi connectivity index (χ3n) is 2.60. The van der Waals surface area contributed by atoms with E-state index in [9.17, 15) is 10.0 Å². The van der Waals surface area contributed by atoms with Crippen molar-refractivity contribution in [1.82, 2.24) is 0 Å². The predicted octanol–water partition coefficient (Wildman–Crippen LogP) is 0.252. The summed E-state index contributed by atoms with van der Waals surface area (Å²) in [4.78, 5) is 0. The SMILES string of the molecule is COc1cccc(C2CC2)c1B(O)O. The summed E-state index contributed by atoms with van der Waals surface area (Å²) >= 11 is 0. The molecule has 0 atom stereocenters. The highest BCUT2D eigenvalue weighted by atomic mass is 16.5. The van der Waals surface area contributed by atoms with Crippen LogP contribution in [0.4, 0.5) is 0 Å². The maximum Gasteiger partial charge on any atom is 0.492 e. The number of methoxy groups -OCH3 is 1. The van der Waals surface area contributed by atoms with E-state index in [0.29, 0.717) is 17.1 Å². The molecule has 0 radical (unpaired) electrons. The lowest BCUT2D eigenvalue weighted by atomic mass is 9.75. The molecule has 0 aromatic heterocycles. The summed E-state index contributed by atoms with van der Waals surface area (Å²) in [6, 6.07) is 5.58. The molecule has 0 unspecified atom stereocenters. The molecule has 1 aliphatic rings. The standard InChI is InChI=1S/C10H13BO3/c1-14-9-4-2-3-8(7-5-6-7)10(9)11(12)13/h2-4,7,12-13H,5-6H2,1H3. The van der Waals surface area contributed by atoms with Crippen LogP contribution in [0, 0.1) is 0 Å². The molecule has 1 saturated carbocycles. The second-order valence-electron chi connectivity index (χ2n) is 3.61. The molecule has 1 aromatic rings. The van der Waals surface area contributed by atoms with E-state index in [0.717, 1.165) is 18.4 Å². The Hall–Kier alpha value is -0.995. The van der Waals surface area contributed by atoms with Crippen LogP contribution in [0.2, 0.25) is 0 Å².